The molecule has 3 aliphatic rings. The summed E-state index contributed by atoms with van der Waals surface area (Å²) < 4.78 is 24.2. The van der Waals surface area contributed by atoms with E-state index in [-0.39, 0.29) is 54.5 Å². The van der Waals surface area contributed by atoms with E-state index >= 15 is 0 Å². The largest absolute Gasteiger partial charge is 0.507 e. The highest BCUT2D eigenvalue weighted by Crippen LogP contribution is 2.53. The van der Waals surface area contributed by atoms with Crippen molar-refractivity contribution in [3.8, 4) is 17.2 Å². The zero-order chi connectivity index (χ0) is 34.5. The van der Waals surface area contributed by atoms with Crippen molar-refractivity contribution in [3.05, 3.63) is 51.6 Å². The Bertz CT molecular complexity index is 1510. The van der Waals surface area contributed by atoms with Crippen molar-refractivity contribution in [3.63, 3.8) is 0 Å². The number of aliphatic hydroxyl groups is 4. The monoisotopic (exact) mass is 661 g/mol. The number of hydrogen-bond acceptors (Lipinski definition) is 14. The molecular formula is C33H43NO13. The molecule has 14 heteroatoms. The number of nitrogens with two attached hydrogens (primary N) is 1. The predicted molar refractivity (Wildman–Crippen MR) is 163 cm³/mol. The number of aromatic hydroxyl groups is 3. The Hall–Kier alpha value is -3.18. The summed E-state index contributed by atoms with van der Waals surface area (Å²) in [5, 5.41) is 74.9. The molecule has 2 aromatic carbocycles. The van der Waals surface area contributed by atoms with Gasteiger partial charge in [0.05, 0.1) is 59.4 Å². The number of ketones is 2. The fraction of sp³-hybridized carbons (Fsp3) is 0.576. The lowest BCUT2D eigenvalue weighted by atomic mass is 9.71. The van der Waals surface area contributed by atoms with Crippen molar-refractivity contribution < 1.29 is 64.3 Å². The van der Waals surface area contributed by atoms with E-state index in [1.807, 2.05) is 0 Å². The van der Waals surface area contributed by atoms with Gasteiger partial charge in [-0.05, 0) is 33.8 Å². The van der Waals surface area contributed by atoms with E-state index in [1.54, 1.807) is 20.8 Å². The molecule has 0 amide bonds. The average molecular weight is 662 g/mol. The maximum atomic E-state index is 13.6. The normalized spacial score (nSPS) is 29.8. The van der Waals surface area contributed by atoms with Crippen molar-refractivity contribution >= 4 is 11.6 Å². The molecule has 1 heterocycles. The summed E-state index contributed by atoms with van der Waals surface area (Å²) in [7, 11) is 0. The first kappa shape index (κ1) is 35.1. The highest BCUT2D eigenvalue weighted by Gasteiger charge is 2.49. The molecule has 0 aromatic heterocycles. The second kappa shape index (κ2) is 13.4. The second-order valence-corrected chi connectivity index (χ2v) is 12.9. The molecule has 0 bridgehead atoms. The van der Waals surface area contributed by atoms with Crippen LogP contribution in [-0.2, 0) is 25.4 Å². The van der Waals surface area contributed by atoms with Gasteiger partial charge in [-0.25, -0.2) is 0 Å². The van der Waals surface area contributed by atoms with Crippen LogP contribution in [0.25, 0.3) is 0 Å². The van der Waals surface area contributed by atoms with Gasteiger partial charge in [-0.1, -0.05) is 12.1 Å². The van der Waals surface area contributed by atoms with E-state index in [0.717, 1.165) is 0 Å². The highest BCUT2D eigenvalue weighted by molar-refractivity contribution is 6.31. The van der Waals surface area contributed by atoms with E-state index in [4.69, 9.17) is 24.7 Å². The lowest BCUT2D eigenvalue weighted by molar-refractivity contribution is -0.286. The SMILES string of the molecule is C[C@H](O)C[C@@H](O[C@H]1[C@H](C)O[C@H](O[C@@H]2C[C@@](O)([C@H](C)O)Cc3c(O)c4c(c(O)c32)C(=O)c2c(O)cccc2C4=O)C[C@@H]1N)O[C@H](C)CO. The molecule has 9 N–H and O–H groups in total. The fourth-order valence-corrected chi connectivity index (χ4v) is 6.68. The Kier molecular flexibility index (Phi) is 10.0. The number of rotatable bonds is 10. The Morgan fingerprint density at radius 1 is 1.04 bits per heavy atom. The Balaban J connectivity index is 1.48. The number of phenols is 3. The van der Waals surface area contributed by atoms with Gasteiger partial charge < -0.3 is 60.4 Å². The van der Waals surface area contributed by atoms with Gasteiger partial charge in [-0.15, -0.1) is 0 Å². The van der Waals surface area contributed by atoms with Crippen LogP contribution in [0.1, 0.15) is 96.0 Å². The molecule has 47 heavy (non-hydrogen) atoms. The molecule has 2 aromatic rings. The molecule has 1 fully saturated rings. The smallest absolute Gasteiger partial charge is 0.202 e. The number of ether oxygens (including phenoxy) is 4. The van der Waals surface area contributed by atoms with Crippen LogP contribution < -0.4 is 5.73 Å². The van der Waals surface area contributed by atoms with Crippen molar-refractivity contribution in [2.24, 2.45) is 5.73 Å². The van der Waals surface area contributed by atoms with Crippen LogP contribution in [0.2, 0.25) is 0 Å². The van der Waals surface area contributed by atoms with E-state index in [2.05, 4.69) is 0 Å². The fourth-order valence-electron chi connectivity index (χ4n) is 6.68. The third kappa shape index (κ3) is 6.49. The van der Waals surface area contributed by atoms with Crippen molar-refractivity contribution in [1.82, 2.24) is 0 Å². The van der Waals surface area contributed by atoms with Gasteiger partial charge in [0, 0.05) is 48.4 Å². The number of benzene rings is 2. The second-order valence-electron chi connectivity index (χ2n) is 12.9. The Morgan fingerprint density at radius 2 is 1.72 bits per heavy atom. The molecule has 0 spiro atoms. The number of fused-ring (bicyclic) bond motifs is 3. The van der Waals surface area contributed by atoms with Gasteiger partial charge >= 0.3 is 0 Å². The summed E-state index contributed by atoms with van der Waals surface area (Å²) in [6.45, 7) is 5.99. The molecule has 14 nitrogen and oxygen atoms in total. The van der Waals surface area contributed by atoms with Gasteiger partial charge in [0.2, 0.25) is 5.78 Å². The van der Waals surface area contributed by atoms with E-state index < -0.39 is 101 Å². The molecule has 2 aliphatic carbocycles. The average Bonchev–Trinajstić information content (AvgIpc) is 2.98. The third-order valence-electron chi connectivity index (χ3n) is 9.19. The first-order chi connectivity index (χ1) is 22.1. The first-order valence-electron chi connectivity index (χ1n) is 15.7. The van der Waals surface area contributed by atoms with Crippen molar-refractivity contribution in [1.29, 1.82) is 0 Å². The highest BCUT2D eigenvalue weighted by atomic mass is 16.7. The molecule has 10 atom stereocenters. The lowest BCUT2D eigenvalue weighted by Crippen LogP contribution is -2.55. The van der Waals surface area contributed by atoms with Gasteiger partial charge in [0.25, 0.3) is 0 Å². The van der Waals surface area contributed by atoms with E-state index in [0.29, 0.717) is 0 Å². The summed E-state index contributed by atoms with van der Waals surface area (Å²) in [6, 6.07) is 3.22. The Morgan fingerprint density at radius 3 is 2.34 bits per heavy atom. The molecule has 5 rings (SSSR count). The number of phenolic OH excluding ortho intramolecular Hbond substituents is 3. The zero-order valence-electron chi connectivity index (χ0n) is 26.6. The molecule has 1 aliphatic heterocycles. The summed E-state index contributed by atoms with van der Waals surface area (Å²) in [6.07, 6.45) is -7.85. The maximum absolute atomic E-state index is 13.6. The summed E-state index contributed by atoms with van der Waals surface area (Å²) in [5.74, 6) is -3.48. The van der Waals surface area contributed by atoms with Crippen LogP contribution in [-0.4, -0.2) is 109 Å². The molecule has 0 radical (unpaired) electrons. The Labute approximate surface area is 271 Å². The lowest BCUT2D eigenvalue weighted by Gasteiger charge is -2.44. The number of carbonyl (C=O) groups is 2. The van der Waals surface area contributed by atoms with Gasteiger partial charge in [-0.3, -0.25) is 9.59 Å². The standard InChI is InChI=1S/C33H43NO13/c1-13(36)8-22(44-14(2)12-35)47-32-15(3)45-23(9-19(32)34)46-21-11-33(43,16(4)37)10-18-25(21)31(42)27-26(29(18)40)28(39)17-6-5-7-20(38)24(17)30(27)41/h5-7,13-16,19,21-23,32,35-38,40,42-43H,8-12,34H2,1-4H3/t13-,14+,15-,16-,19-,21+,22+,23+,32-,33+/m0/s1. The summed E-state index contributed by atoms with van der Waals surface area (Å²) >= 11 is 0. The molecule has 0 unspecified atom stereocenters. The zero-order valence-corrected chi connectivity index (χ0v) is 26.6. The third-order valence-corrected chi connectivity index (χ3v) is 9.19. The number of carbonyl (C=O) groups excluding carboxylic acids is 2. The molecule has 0 saturated carbocycles. The van der Waals surface area contributed by atoms with Crippen molar-refractivity contribution in [2.45, 2.75) is 114 Å². The van der Waals surface area contributed by atoms with Gasteiger partial charge in [0.1, 0.15) is 23.4 Å². The minimum atomic E-state index is -1.88. The summed E-state index contributed by atoms with van der Waals surface area (Å²) in [5.41, 5.74) is 3.00. The van der Waals surface area contributed by atoms with Crippen LogP contribution in [0.3, 0.4) is 0 Å². The topological polar surface area (TPSA) is 239 Å². The summed E-state index contributed by atoms with van der Waals surface area (Å²) in [4.78, 5) is 27.1. The van der Waals surface area contributed by atoms with Crippen LogP contribution in [0.4, 0.5) is 0 Å². The number of hydrogen-bond donors (Lipinski definition) is 8. The quantitative estimate of drug-likeness (QED) is 0.112. The van der Waals surface area contributed by atoms with Gasteiger partial charge in [-0.2, -0.15) is 0 Å². The minimum absolute atomic E-state index is 0.0429. The molecular weight excluding hydrogens is 618 g/mol. The van der Waals surface area contributed by atoms with Gasteiger partial charge in [0.15, 0.2) is 18.4 Å². The minimum Gasteiger partial charge on any atom is -0.507 e. The van der Waals surface area contributed by atoms with E-state index in [9.17, 15) is 45.3 Å². The number of aliphatic hydroxyl groups excluding tert-OH is 3. The van der Waals surface area contributed by atoms with Crippen LogP contribution in [0, 0.1) is 0 Å². The van der Waals surface area contributed by atoms with E-state index in [1.165, 1.54) is 25.1 Å². The van der Waals surface area contributed by atoms with Crippen LogP contribution in [0.5, 0.6) is 17.2 Å². The molecule has 258 valence electrons. The first-order valence-corrected chi connectivity index (χ1v) is 15.7. The van der Waals surface area contributed by atoms with Crippen molar-refractivity contribution in [2.75, 3.05) is 6.61 Å². The predicted octanol–water partition coefficient (Wildman–Crippen LogP) is 1.04. The maximum Gasteiger partial charge on any atom is 0.202 e. The van der Waals surface area contributed by atoms with Crippen LogP contribution >= 0.6 is 0 Å². The van der Waals surface area contributed by atoms with Crippen LogP contribution in [0.15, 0.2) is 18.2 Å². The molecule has 1 saturated heterocycles.